The molecular formula is C29H39BClN3O6. The van der Waals surface area contributed by atoms with E-state index in [1.54, 1.807) is 4.90 Å². The zero-order valence-electron chi connectivity index (χ0n) is 24.6. The number of carbonyl (C=O) groups is 2. The van der Waals surface area contributed by atoms with E-state index >= 15 is 0 Å². The van der Waals surface area contributed by atoms with Gasteiger partial charge in [0.25, 0.3) is 0 Å². The Morgan fingerprint density at radius 2 is 1.85 bits per heavy atom. The zero-order chi connectivity index (χ0) is 29.5. The number of hydrogen-bond acceptors (Lipinski definition) is 7. The maximum absolute atomic E-state index is 13.1. The Bertz CT molecular complexity index is 1260. The highest BCUT2D eigenvalue weighted by Crippen LogP contribution is 2.38. The summed E-state index contributed by atoms with van der Waals surface area (Å²) < 4.78 is 23.7. The third-order valence-corrected chi connectivity index (χ3v) is 7.90. The first kappa shape index (κ1) is 30.2. The van der Waals surface area contributed by atoms with Gasteiger partial charge in [0, 0.05) is 40.6 Å². The predicted octanol–water partition coefficient (Wildman–Crippen LogP) is 4.73. The van der Waals surface area contributed by atoms with Crippen molar-refractivity contribution in [2.75, 3.05) is 13.7 Å². The fourth-order valence-electron chi connectivity index (χ4n) is 4.63. The lowest BCUT2D eigenvalue weighted by Crippen LogP contribution is -2.43. The van der Waals surface area contributed by atoms with Crippen LogP contribution < -0.4 is 15.5 Å². The van der Waals surface area contributed by atoms with Crippen LogP contribution in [0.2, 0.25) is 5.02 Å². The van der Waals surface area contributed by atoms with Crippen molar-refractivity contribution in [2.24, 2.45) is 0 Å². The molecule has 4 rings (SSSR count). The van der Waals surface area contributed by atoms with E-state index in [0.29, 0.717) is 47.1 Å². The summed E-state index contributed by atoms with van der Waals surface area (Å²) in [6.45, 7) is 14.0. The van der Waals surface area contributed by atoms with E-state index in [4.69, 9.17) is 35.4 Å². The van der Waals surface area contributed by atoms with Gasteiger partial charge in [0.15, 0.2) is 0 Å². The number of rotatable bonds is 7. The molecule has 0 bridgehead atoms. The molecule has 3 heterocycles. The summed E-state index contributed by atoms with van der Waals surface area (Å²) in [6, 6.07) is 9.23. The number of carbonyl (C=O) groups excluding carboxylic acids is 2. The molecule has 1 N–H and O–H groups in total. The van der Waals surface area contributed by atoms with Gasteiger partial charge in [0.1, 0.15) is 5.60 Å². The minimum atomic E-state index is -0.667. The van der Waals surface area contributed by atoms with Crippen LogP contribution in [0.15, 0.2) is 30.3 Å². The van der Waals surface area contributed by atoms with Crippen LogP contribution in [0, 0.1) is 0 Å². The van der Waals surface area contributed by atoms with Crippen molar-refractivity contribution in [3.63, 3.8) is 0 Å². The Labute approximate surface area is 242 Å². The lowest BCUT2D eigenvalue weighted by atomic mass is 9.78. The minimum absolute atomic E-state index is 0.0163. The summed E-state index contributed by atoms with van der Waals surface area (Å²) in [6.07, 6.45) is 0.625. The van der Waals surface area contributed by atoms with E-state index < -0.39 is 30.0 Å². The van der Waals surface area contributed by atoms with Crippen LogP contribution in [0.1, 0.15) is 66.9 Å². The number of methoxy groups -OCH3 is 1. The largest absolute Gasteiger partial charge is 0.496 e. The van der Waals surface area contributed by atoms with Crippen molar-refractivity contribution in [2.45, 2.75) is 90.7 Å². The van der Waals surface area contributed by atoms with E-state index in [2.05, 4.69) is 5.32 Å². The smallest absolute Gasteiger partial charge is 0.481 e. The fourth-order valence-corrected chi connectivity index (χ4v) is 4.94. The average molecular weight is 572 g/mol. The molecule has 1 aromatic heterocycles. The molecule has 2 aliphatic heterocycles. The monoisotopic (exact) mass is 571 g/mol. The van der Waals surface area contributed by atoms with Gasteiger partial charge in [-0.15, -0.1) is 0 Å². The van der Waals surface area contributed by atoms with Gasteiger partial charge in [-0.1, -0.05) is 29.8 Å². The number of halogens is 1. The van der Waals surface area contributed by atoms with E-state index in [1.165, 1.54) is 7.11 Å². The molecule has 0 saturated carbocycles. The molecule has 40 heavy (non-hydrogen) atoms. The molecule has 9 nitrogen and oxygen atoms in total. The third kappa shape index (κ3) is 6.56. The van der Waals surface area contributed by atoms with Crippen molar-refractivity contribution in [1.29, 1.82) is 0 Å². The van der Waals surface area contributed by atoms with Gasteiger partial charge in [-0.05, 0) is 67.0 Å². The Hall–Kier alpha value is -2.82. The lowest BCUT2D eigenvalue weighted by molar-refractivity contribution is -0.119. The van der Waals surface area contributed by atoms with Crippen LogP contribution >= 0.6 is 11.6 Å². The quantitative estimate of drug-likeness (QED) is 0.480. The molecule has 2 saturated heterocycles. The van der Waals surface area contributed by atoms with E-state index in [0.717, 1.165) is 5.46 Å². The van der Waals surface area contributed by atoms with Crippen LogP contribution in [0.5, 0.6) is 5.88 Å². The summed E-state index contributed by atoms with van der Waals surface area (Å²) in [4.78, 5) is 31.2. The highest BCUT2D eigenvalue weighted by atomic mass is 35.5. The first-order valence-electron chi connectivity index (χ1n) is 13.6. The van der Waals surface area contributed by atoms with Gasteiger partial charge in [0.2, 0.25) is 11.8 Å². The summed E-state index contributed by atoms with van der Waals surface area (Å²) >= 11 is 6.89. The van der Waals surface area contributed by atoms with Gasteiger partial charge in [0.05, 0.1) is 30.6 Å². The molecule has 11 heteroatoms. The first-order valence-corrected chi connectivity index (χ1v) is 13.9. The molecule has 0 spiro atoms. The number of nitrogens with zero attached hydrogens (tertiary/aromatic N) is 2. The SMILES string of the molecule is COc1nc(-c2cccc(B3OC(C)(C)C(C)(C)O3)c2Cl)ccc1CN(C[C@@H]1CCC(=O)N1)C(=O)OC(C)(C)C. The molecule has 2 aliphatic rings. The van der Waals surface area contributed by atoms with E-state index in [1.807, 2.05) is 78.8 Å². The Kier molecular flexibility index (Phi) is 8.46. The Morgan fingerprint density at radius 1 is 1.18 bits per heavy atom. The molecule has 0 aliphatic carbocycles. The second-order valence-corrected chi connectivity index (χ2v) is 12.7. The number of aromatic nitrogens is 1. The van der Waals surface area contributed by atoms with Gasteiger partial charge in [-0.3, -0.25) is 4.79 Å². The van der Waals surface area contributed by atoms with Gasteiger partial charge >= 0.3 is 13.2 Å². The normalized spacial score (nSPS) is 19.9. The van der Waals surface area contributed by atoms with Crippen LogP contribution in [-0.4, -0.2) is 65.5 Å². The second-order valence-electron chi connectivity index (χ2n) is 12.3. The predicted molar refractivity (Wildman–Crippen MR) is 155 cm³/mol. The lowest BCUT2D eigenvalue weighted by Gasteiger charge is -2.32. The summed E-state index contributed by atoms with van der Waals surface area (Å²) in [5.41, 5.74) is 1.06. The minimum Gasteiger partial charge on any atom is -0.481 e. The summed E-state index contributed by atoms with van der Waals surface area (Å²) in [7, 11) is 0.921. The molecule has 1 aromatic carbocycles. The van der Waals surface area contributed by atoms with Crippen molar-refractivity contribution >= 4 is 36.2 Å². The van der Waals surface area contributed by atoms with Crippen molar-refractivity contribution in [3.8, 4) is 17.1 Å². The zero-order valence-corrected chi connectivity index (χ0v) is 25.3. The second kappa shape index (κ2) is 11.2. The Morgan fingerprint density at radius 3 is 2.42 bits per heavy atom. The average Bonchev–Trinajstić information content (AvgIpc) is 3.35. The van der Waals surface area contributed by atoms with Crippen LogP contribution in [0.25, 0.3) is 11.3 Å². The van der Waals surface area contributed by atoms with Crippen molar-refractivity contribution in [3.05, 3.63) is 40.9 Å². The van der Waals surface area contributed by atoms with Gasteiger partial charge in [-0.2, -0.15) is 0 Å². The fraction of sp³-hybridized carbons (Fsp3) is 0.552. The molecule has 1 atom stereocenters. The molecule has 0 radical (unpaired) electrons. The molecule has 216 valence electrons. The van der Waals surface area contributed by atoms with E-state index in [-0.39, 0.29) is 18.5 Å². The molecule has 2 aromatic rings. The van der Waals surface area contributed by atoms with Crippen LogP contribution in [-0.2, 0) is 25.4 Å². The molecule has 2 fully saturated rings. The standard InChI is InChI=1S/C29H39BClN3O6/c1-27(2,3)38-26(36)34(17-19-13-15-23(35)32-19)16-18-12-14-22(33-25(18)37-8)20-10-9-11-21(24(20)31)30-39-28(4,5)29(6,7)40-30/h9-12,14,19H,13,15-17H2,1-8H3,(H,32,35)/t19-/m0/s1. The number of benzene rings is 1. The van der Waals surface area contributed by atoms with Gasteiger partial charge < -0.3 is 29.0 Å². The van der Waals surface area contributed by atoms with E-state index in [9.17, 15) is 9.59 Å². The Balaban J connectivity index is 1.61. The van der Waals surface area contributed by atoms with Gasteiger partial charge in [-0.25, -0.2) is 9.78 Å². The summed E-state index contributed by atoms with van der Waals surface area (Å²) in [5.74, 6) is 0.344. The summed E-state index contributed by atoms with van der Waals surface area (Å²) in [5, 5.41) is 3.40. The number of ether oxygens (including phenoxy) is 2. The topological polar surface area (TPSA) is 99.2 Å². The third-order valence-electron chi connectivity index (χ3n) is 7.48. The maximum atomic E-state index is 13.1. The highest BCUT2D eigenvalue weighted by Gasteiger charge is 2.52. The number of hydrogen-bond donors (Lipinski definition) is 1. The number of nitrogens with one attached hydrogen (secondary N) is 1. The number of amides is 2. The molecule has 2 amide bonds. The molecular weight excluding hydrogens is 533 g/mol. The molecule has 0 unspecified atom stereocenters. The maximum Gasteiger partial charge on any atom is 0.496 e. The number of pyridine rings is 1. The highest BCUT2D eigenvalue weighted by molar-refractivity contribution is 6.66. The van der Waals surface area contributed by atoms with Crippen molar-refractivity contribution in [1.82, 2.24) is 15.2 Å². The van der Waals surface area contributed by atoms with Crippen molar-refractivity contribution < 1.29 is 28.4 Å². The van der Waals surface area contributed by atoms with Crippen LogP contribution in [0.4, 0.5) is 4.79 Å². The van der Waals surface area contributed by atoms with Crippen LogP contribution in [0.3, 0.4) is 0 Å². The first-order chi connectivity index (χ1) is 18.6.